The SMILES string of the molecule is CC(=O)CC/C=C(\C)CC/C=C(\C)CCCC(C)CCC=C(C)C. The van der Waals surface area contributed by atoms with Crippen LogP contribution in [0.1, 0.15) is 99.3 Å². The highest BCUT2D eigenvalue weighted by Gasteiger charge is 2.01. The Morgan fingerprint density at radius 3 is 1.92 bits per heavy atom. The van der Waals surface area contributed by atoms with Gasteiger partial charge in [-0.25, -0.2) is 0 Å². The molecule has 0 aliphatic rings. The van der Waals surface area contributed by atoms with E-state index in [-0.39, 0.29) is 5.78 Å². The Morgan fingerprint density at radius 2 is 1.33 bits per heavy atom. The molecular formula is C23H40O. The molecule has 0 bridgehead atoms. The first-order valence-electron chi connectivity index (χ1n) is 9.75. The first-order valence-corrected chi connectivity index (χ1v) is 9.75. The van der Waals surface area contributed by atoms with Gasteiger partial charge in [-0.3, -0.25) is 0 Å². The molecule has 0 amide bonds. The zero-order chi connectivity index (χ0) is 18.4. The van der Waals surface area contributed by atoms with Gasteiger partial charge in [0.25, 0.3) is 0 Å². The lowest BCUT2D eigenvalue weighted by atomic mass is 9.96. The Labute approximate surface area is 151 Å². The van der Waals surface area contributed by atoms with Crippen LogP contribution >= 0.6 is 0 Å². The summed E-state index contributed by atoms with van der Waals surface area (Å²) in [5.74, 6) is 1.12. The lowest BCUT2D eigenvalue weighted by molar-refractivity contribution is -0.116. The Bertz CT molecular complexity index is 433. The molecule has 0 aromatic heterocycles. The fraction of sp³-hybridized carbons (Fsp3) is 0.696. The largest absolute Gasteiger partial charge is 0.300 e. The van der Waals surface area contributed by atoms with Crippen LogP contribution in [0.4, 0.5) is 0 Å². The molecule has 0 N–H and O–H groups in total. The molecule has 0 saturated heterocycles. The molecule has 0 aromatic carbocycles. The normalized spacial score (nSPS) is 13.8. The third kappa shape index (κ3) is 15.8. The standard InChI is InChI=1S/C23H40O/c1-19(2)11-7-12-20(3)13-8-14-21(4)15-9-16-22(5)17-10-18-23(6)24/h11,15,17,20H,7-10,12-14,16,18H2,1-6H3/b21-15+,22-17+. The van der Waals surface area contributed by atoms with Gasteiger partial charge in [0.15, 0.2) is 0 Å². The van der Waals surface area contributed by atoms with E-state index < -0.39 is 0 Å². The Balaban J connectivity index is 3.83. The molecule has 0 aromatic rings. The Morgan fingerprint density at radius 1 is 0.750 bits per heavy atom. The molecule has 1 heteroatoms. The molecule has 0 rings (SSSR count). The predicted octanol–water partition coefficient (Wildman–Crippen LogP) is 7.58. The second-order valence-corrected chi connectivity index (χ2v) is 7.74. The lowest BCUT2D eigenvalue weighted by Crippen LogP contribution is -1.94. The minimum Gasteiger partial charge on any atom is -0.300 e. The molecule has 0 saturated carbocycles. The summed E-state index contributed by atoms with van der Waals surface area (Å²) in [5.41, 5.74) is 4.38. The zero-order valence-corrected chi connectivity index (χ0v) is 17.1. The number of allylic oxidation sites excluding steroid dienone is 6. The van der Waals surface area contributed by atoms with Crippen LogP contribution in [0.25, 0.3) is 0 Å². The van der Waals surface area contributed by atoms with Crippen LogP contribution < -0.4 is 0 Å². The number of hydrogen-bond acceptors (Lipinski definition) is 1. The molecule has 0 aliphatic heterocycles. The Hall–Kier alpha value is -1.11. The second-order valence-electron chi connectivity index (χ2n) is 7.74. The average molecular weight is 333 g/mol. The first kappa shape index (κ1) is 22.9. The number of carbonyl (C=O) groups is 1. The summed E-state index contributed by atoms with van der Waals surface area (Å²) in [4.78, 5) is 10.9. The first-order chi connectivity index (χ1) is 11.3. The molecule has 138 valence electrons. The minimum atomic E-state index is 0.282. The molecule has 24 heavy (non-hydrogen) atoms. The molecule has 1 unspecified atom stereocenters. The van der Waals surface area contributed by atoms with Crippen molar-refractivity contribution < 1.29 is 4.79 Å². The molecule has 1 nitrogen and oxygen atoms in total. The maximum atomic E-state index is 10.9. The molecule has 0 fully saturated rings. The van der Waals surface area contributed by atoms with Gasteiger partial charge in [-0.15, -0.1) is 0 Å². The summed E-state index contributed by atoms with van der Waals surface area (Å²) in [5, 5.41) is 0. The van der Waals surface area contributed by atoms with Crippen molar-refractivity contribution in [2.45, 2.75) is 99.3 Å². The summed E-state index contributed by atoms with van der Waals surface area (Å²) in [6.45, 7) is 12.9. The van der Waals surface area contributed by atoms with Crippen molar-refractivity contribution in [3.63, 3.8) is 0 Å². The van der Waals surface area contributed by atoms with Gasteiger partial charge in [0.05, 0.1) is 0 Å². The highest BCUT2D eigenvalue weighted by atomic mass is 16.1. The minimum absolute atomic E-state index is 0.282. The van der Waals surface area contributed by atoms with Gasteiger partial charge in [-0.1, -0.05) is 48.3 Å². The number of Topliss-reactive ketones (excluding diaryl/α,β-unsaturated/α-hetero) is 1. The van der Waals surface area contributed by atoms with Gasteiger partial charge in [0.2, 0.25) is 0 Å². The van der Waals surface area contributed by atoms with Gasteiger partial charge in [-0.05, 0) is 85.5 Å². The van der Waals surface area contributed by atoms with Crippen LogP contribution in [0.15, 0.2) is 34.9 Å². The molecule has 0 spiro atoms. The van der Waals surface area contributed by atoms with E-state index in [9.17, 15) is 4.79 Å². The van der Waals surface area contributed by atoms with Crippen molar-refractivity contribution in [1.29, 1.82) is 0 Å². The average Bonchev–Trinajstić information content (AvgIpc) is 2.46. The van der Waals surface area contributed by atoms with E-state index in [2.05, 4.69) is 52.8 Å². The van der Waals surface area contributed by atoms with Gasteiger partial charge in [0, 0.05) is 6.42 Å². The smallest absolute Gasteiger partial charge is 0.130 e. The molecule has 0 radical (unpaired) electrons. The maximum Gasteiger partial charge on any atom is 0.130 e. The molecule has 1 atom stereocenters. The third-order valence-electron chi connectivity index (χ3n) is 4.50. The second kappa shape index (κ2) is 14.3. The third-order valence-corrected chi connectivity index (χ3v) is 4.50. The summed E-state index contributed by atoms with van der Waals surface area (Å²) in [6.07, 6.45) is 17.2. The zero-order valence-electron chi connectivity index (χ0n) is 17.1. The summed E-state index contributed by atoms with van der Waals surface area (Å²) >= 11 is 0. The number of ketones is 1. The Kier molecular flexibility index (Phi) is 13.6. The molecule has 0 heterocycles. The van der Waals surface area contributed by atoms with Crippen LogP contribution in [-0.2, 0) is 4.79 Å². The van der Waals surface area contributed by atoms with Crippen molar-refractivity contribution in [2.75, 3.05) is 0 Å². The molecule has 0 aliphatic carbocycles. The number of hydrogen-bond donors (Lipinski definition) is 0. The van der Waals surface area contributed by atoms with Crippen LogP contribution in [0.5, 0.6) is 0 Å². The van der Waals surface area contributed by atoms with Crippen molar-refractivity contribution in [2.24, 2.45) is 5.92 Å². The maximum absolute atomic E-state index is 10.9. The van der Waals surface area contributed by atoms with Crippen LogP contribution in [0.3, 0.4) is 0 Å². The van der Waals surface area contributed by atoms with Gasteiger partial charge in [-0.2, -0.15) is 0 Å². The summed E-state index contributed by atoms with van der Waals surface area (Å²) < 4.78 is 0. The lowest BCUT2D eigenvalue weighted by Gasteiger charge is -2.10. The van der Waals surface area contributed by atoms with Crippen molar-refractivity contribution in [3.05, 3.63) is 34.9 Å². The monoisotopic (exact) mass is 332 g/mol. The topological polar surface area (TPSA) is 17.1 Å². The van der Waals surface area contributed by atoms with E-state index in [0.717, 1.165) is 25.2 Å². The highest BCUT2D eigenvalue weighted by molar-refractivity contribution is 5.75. The summed E-state index contributed by atoms with van der Waals surface area (Å²) in [7, 11) is 0. The predicted molar refractivity (Wildman–Crippen MR) is 108 cm³/mol. The van der Waals surface area contributed by atoms with Crippen LogP contribution in [0.2, 0.25) is 0 Å². The number of carbonyl (C=O) groups excluding carboxylic acids is 1. The quantitative estimate of drug-likeness (QED) is 0.318. The molecular weight excluding hydrogens is 292 g/mol. The van der Waals surface area contributed by atoms with E-state index in [1.807, 2.05) is 0 Å². The van der Waals surface area contributed by atoms with Gasteiger partial charge >= 0.3 is 0 Å². The van der Waals surface area contributed by atoms with E-state index in [0.29, 0.717) is 6.42 Å². The van der Waals surface area contributed by atoms with Crippen LogP contribution in [-0.4, -0.2) is 5.78 Å². The van der Waals surface area contributed by atoms with E-state index >= 15 is 0 Å². The van der Waals surface area contributed by atoms with E-state index in [1.54, 1.807) is 6.92 Å². The van der Waals surface area contributed by atoms with E-state index in [1.165, 1.54) is 48.8 Å². The highest BCUT2D eigenvalue weighted by Crippen LogP contribution is 2.18. The van der Waals surface area contributed by atoms with E-state index in [4.69, 9.17) is 0 Å². The van der Waals surface area contributed by atoms with Crippen molar-refractivity contribution >= 4 is 5.78 Å². The summed E-state index contributed by atoms with van der Waals surface area (Å²) in [6, 6.07) is 0. The van der Waals surface area contributed by atoms with Crippen molar-refractivity contribution in [1.82, 2.24) is 0 Å². The van der Waals surface area contributed by atoms with Crippen molar-refractivity contribution in [3.8, 4) is 0 Å². The van der Waals surface area contributed by atoms with Gasteiger partial charge in [0.1, 0.15) is 5.78 Å². The van der Waals surface area contributed by atoms with Gasteiger partial charge < -0.3 is 4.79 Å². The number of rotatable bonds is 13. The fourth-order valence-electron chi connectivity index (χ4n) is 2.80. The van der Waals surface area contributed by atoms with Crippen LogP contribution in [0, 0.1) is 5.92 Å². The fourth-order valence-corrected chi connectivity index (χ4v) is 2.80.